The van der Waals surface area contributed by atoms with Crippen LogP contribution in [0.4, 0.5) is 5.69 Å². The number of carbonyl (C=O) groups excluding carboxylic acids is 1. The quantitative estimate of drug-likeness (QED) is 0.796. The molecule has 1 heterocycles. The molecular formula is C16H26ClN3O3S. The van der Waals surface area contributed by atoms with Gasteiger partial charge in [-0.3, -0.25) is 9.52 Å². The SMILES string of the molecule is CCCS(=O)(=O)Nc1ccc(C(=O)N2CCC(C)(CN)C2)cc1.Cl. The summed E-state index contributed by atoms with van der Waals surface area (Å²) in [5.41, 5.74) is 6.80. The zero-order chi connectivity index (χ0) is 17.1. The third-order valence-corrected chi connectivity index (χ3v) is 5.71. The Balaban J connectivity index is 0.00000288. The van der Waals surface area contributed by atoms with E-state index in [9.17, 15) is 13.2 Å². The van der Waals surface area contributed by atoms with Crippen LogP contribution in [0.3, 0.4) is 0 Å². The Morgan fingerprint density at radius 1 is 1.33 bits per heavy atom. The topological polar surface area (TPSA) is 92.5 Å². The minimum atomic E-state index is -3.31. The highest BCUT2D eigenvalue weighted by molar-refractivity contribution is 7.92. The lowest BCUT2D eigenvalue weighted by molar-refractivity contribution is 0.0777. The van der Waals surface area contributed by atoms with Crippen molar-refractivity contribution >= 4 is 34.0 Å². The summed E-state index contributed by atoms with van der Waals surface area (Å²) < 4.78 is 26.0. The molecular weight excluding hydrogens is 350 g/mol. The molecule has 0 bridgehead atoms. The van der Waals surface area contributed by atoms with E-state index in [0.29, 0.717) is 37.3 Å². The van der Waals surface area contributed by atoms with Crippen LogP contribution in [0.5, 0.6) is 0 Å². The van der Waals surface area contributed by atoms with Crippen molar-refractivity contribution in [1.29, 1.82) is 0 Å². The van der Waals surface area contributed by atoms with Crippen LogP contribution >= 0.6 is 12.4 Å². The van der Waals surface area contributed by atoms with Crippen molar-refractivity contribution in [3.63, 3.8) is 0 Å². The van der Waals surface area contributed by atoms with Gasteiger partial charge in [-0.25, -0.2) is 8.42 Å². The highest BCUT2D eigenvalue weighted by atomic mass is 35.5. The zero-order valence-electron chi connectivity index (χ0n) is 14.1. The second-order valence-electron chi connectivity index (χ2n) is 6.49. The number of anilines is 1. The average molecular weight is 376 g/mol. The van der Waals surface area contributed by atoms with Gasteiger partial charge in [0.05, 0.1) is 5.75 Å². The monoisotopic (exact) mass is 375 g/mol. The predicted molar refractivity (Wildman–Crippen MR) is 99.1 cm³/mol. The van der Waals surface area contributed by atoms with E-state index in [2.05, 4.69) is 11.6 Å². The molecule has 1 aromatic rings. The summed E-state index contributed by atoms with van der Waals surface area (Å²) in [6.45, 7) is 5.83. The molecule has 1 aromatic carbocycles. The van der Waals surface area contributed by atoms with Crippen LogP contribution in [0.15, 0.2) is 24.3 Å². The van der Waals surface area contributed by atoms with E-state index in [0.717, 1.165) is 6.42 Å². The number of nitrogens with two attached hydrogens (primary N) is 1. The second-order valence-corrected chi connectivity index (χ2v) is 8.33. The summed E-state index contributed by atoms with van der Waals surface area (Å²) in [5, 5.41) is 0. The first kappa shape index (κ1) is 20.7. The van der Waals surface area contributed by atoms with E-state index in [1.165, 1.54) is 0 Å². The highest BCUT2D eigenvalue weighted by Crippen LogP contribution is 2.29. The Morgan fingerprint density at radius 2 is 1.96 bits per heavy atom. The molecule has 1 unspecified atom stereocenters. The first-order valence-corrected chi connectivity index (χ1v) is 9.54. The van der Waals surface area contributed by atoms with Gasteiger partial charge >= 0.3 is 0 Å². The lowest BCUT2D eigenvalue weighted by Gasteiger charge is -2.22. The summed E-state index contributed by atoms with van der Waals surface area (Å²) in [6.07, 6.45) is 1.46. The van der Waals surface area contributed by atoms with Crippen LogP contribution < -0.4 is 10.5 Å². The van der Waals surface area contributed by atoms with Gasteiger partial charge in [0.15, 0.2) is 0 Å². The van der Waals surface area contributed by atoms with Gasteiger partial charge < -0.3 is 10.6 Å². The van der Waals surface area contributed by atoms with Gasteiger partial charge in [0.1, 0.15) is 0 Å². The molecule has 1 fully saturated rings. The van der Waals surface area contributed by atoms with E-state index in [1.54, 1.807) is 24.3 Å². The zero-order valence-corrected chi connectivity index (χ0v) is 15.8. The van der Waals surface area contributed by atoms with E-state index < -0.39 is 10.0 Å². The fraction of sp³-hybridized carbons (Fsp3) is 0.562. The van der Waals surface area contributed by atoms with E-state index >= 15 is 0 Å². The molecule has 0 radical (unpaired) electrons. The highest BCUT2D eigenvalue weighted by Gasteiger charge is 2.35. The number of nitrogens with zero attached hydrogens (tertiary/aromatic N) is 1. The maximum absolute atomic E-state index is 12.5. The summed E-state index contributed by atoms with van der Waals surface area (Å²) >= 11 is 0. The molecule has 24 heavy (non-hydrogen) atoms. The third-order valence-electron chi connectivity index (χ3n) is 4.22. The van der Waals surface area contributed by atoms with Gasteiger partial charge in [-0.2, -0.15) is 0 Å². The third kappa shape index (κ3) is 5.09. The molecule has 0 aliphatic carbocycles. The van der Waals surface area contributed by atoms with Gasteiger partial charge in [0, 0.05) is 24.3 Å². The molecule has 1 atom stereocenters. The van der Waals surface area contributed by atoms with Crippen LogP contribution in [-0.4, -0.2) is 44.6 Å². The van der Waals surface area contributed by atoms with Gasteiger partial charge in [-0.15, -0.1) is 12.4 Å². The summed E-state index contributed by atoms with van der Waals surface area (Å²) in [6, 6.07) is 6.56. The number of hydrogen-bond acceptors (Lipinski definition) is 4. The Labute approximate surface area is 150 Å². The number of sulfonamides is 1. The van der Waals surface area contributed by atoms with Crippen molar-refractivity contribution in [3.8, 4) is 0 Å². The maximum atomic E-state index is 12.5. The molecule has 1 aliphatic rings. The summed E-state index contributed by atoms with van der Waals surface area (Å²) in [5.74, 6) is 0.0456. The molecule has 2 rings (SSSR count). The maximum Gasteiger partial charge on any atom is 0.253 e. The number of amides is 1. The fourth-order valence-electron chi connectivity index (χ4n) is 2.73. The number of carbonyl (C=O) groups is 1. The molecule has 6 nitrogen and oxygen atoms in total. The molecule has 1 saturated heterocycles. The van der Waals surface area contributed by atoms with Crippen LogP contribution in [0, 0.1) is 5.41 Å². The number of likely N-dealkylation sites (tertiary alicyclic amines) is 1. The van der Waals surface area contributed by atoms with Gasteiger partial charge in [0.2, 0.25) is 10.0 Å². The van der Waals surface area contributed by atoms with Crippen molar-refractivity contribution in [2.45, 2.75) is 26.7 Å². The Kier molecular flexibility index (Phi) is 7.07. The van der Waals surface area contributed by atoms with Crippen LogP contribution in [0.2, 0.25) is 0 Å². The molecule has 0 aromatic heterocycles. The van der Waals surface area contributed by atoms with Gasteiger partial charge in [-0.1, -0.05) is 13.8 Å². The van der Waals surface area contributed by atoms with Gasteiger partial charge in [0.25, 0.3) is 5.91 Å². The molecule has 136 valence electrons. The van der Waals surface area contributed by atoms with E-state index in [-0.39, 0.29) is 29.5 Å². The number of rotatable bonds is 6. The number of nitrogens with one attached hydrogen (secondary N) is 1. The van der Waals surface area contributed by atoms with Crippen LogP contribution in [0.25, 0.3) is 0 Å². The van der Waals surface area contributed by atoms with Crippen LogP contribution in [-0.2, 0) is 10.0 Å². The number of hydrogen-bond donors (Lipinski definition) is 2. The standard InChI is InChI=1S/C16H25N3O3S.ClH/c1-3-10-23(21,22)18-14-6-4-13(5-7-14)15(20)19-9-8-16(2,11-17)12-19;/h4-7,18H,3,8-12,17H2,1-2H3;1H. The largest absolute Gasteiger partial charge is 0.338 e. The lowest BCUT2D eigenvalue weighted by Crippen LogP contribution is -2.34. The normalized spacial score (nSPS) is 20.5. The minimum Gasteiger partial charge on any atom is -0.338 e. The van der Waals surface area contributed by atoms with Crippen molar-refractivity contribution in [3.05, 3.63) is 29.8 Å². The molecule has 0 saturated carbocycles. The van der Waals surface area contributed by atoms with Crippen molar-refractivity contribution < 1.29 is 13.2 Å². The lowest BCUT2D eigenvalue weighted by atomic mass is 9.90. The van der Waals surface area contributed by atoms with Crippen molar-refractivity contribution in [2.75, 3.05) is 30.1 Å². The molecule has 3 N–H and O–H groups in total. The fourth-order valence-corrected chi connectivity index (χ4v) is 3.86. The van der Waals surface area contributed by atoms with Crippen molar-refractivity contribution in [1.82, 2.24) is 4.90 Å². The Hall–Kier alpha value is -1.31. The van der Waals surface area contributed by atoms with Crippen LogP contribution in [0.1, 0.15) is 37.0 Å². The van der Waals surface area contributed by atoms with E-state index in [1.807, 2.05) is 11.8 Å². The number of benzene rings is 1. The second kappa shape index (κ2) is 8.18. The molecule has 1 amide bonds. The average Bonchev–Trinajstić information content (AvgIpc) is 2.90. The Morgan fingerprint density at radius 3 is 2.46 bits per heavy atom. The first-order valence-electron chi connectivity index (χ1n) is 7.88. The number of halogens is 1. The smallest absolute Gasteiger partial charge is 0.253 e. The molecule has 0 spiro atoms. The van der Waals surface area contributed by atoms with Crippen molar-refractivity contribution in [2.24, 2.45) is 11.1 Å². The summed E-state index contributed by atoms with van der Waals surface area (Å²) in [4.78, 5) is 14.3. The molecule has 8 heteroatoms. The first-order chi connectivity index (χ1) is 10.8. The molecule has 1 aliphatic heterocycles. The Bertz CT molecular complexity index is 664. The van der Waals surface area contributed by atoms with Gasteiger partial charge in [-0.05, 0) is 49.1 Å². The predicted octanol–water partition coefficient (Wildman–Crippen LogP) is 2.07. The minimum absolute atomic E-state index is 0. The van der Waals surface area contributed by atoms with E-state index in [4.69, 9.17) is 5.73 Å². The summed E-state index contributed by atoms with van der Waals surface area (Å²) in [7, 11) is -3.31.